The van der Waals surface area contributed by atoms with E-state index in [-0.39, 0.29) is 5.41 Å². The normalized spacial score (nSPS) is 17.1. The summed E-state index contributed by atoms with van der Waals surface area (Å²) >= 11 is 0. The van der Waals surface area contributed by atoms with Gasteiger partial charge in [-0.15, -0.1) is 13.2 Å². The molecule has 136 valence electrons. The Labute approximate surface area is 150 Å². The third-order valence-corrected chi connectivity index (χ3v) is 11.4. The van der Waals surface area contributed by atoms with Gasteiger partial charge in [0.05, 0.1) is 18.3 Å². The molecule has 0 saturated carbocycles. The topological polar surface area (TPSA) is 18.5 Å². The first-order valence-electron chi connectivity index (χ1n) is 9.10. The average Bonchev–Trinajstić information content (AvgIpc) is 2.82. The fourth-order valence-electron chi connectivity index (χ4n) is 4.37. The molecule has 0 unspecified atom stereocenters. The van der Waals surface area contributed by atoms with Gasteiger partial charge in [0, 0.05) is 6.08 Å². The molecule has 24 heavy (non-hydrogen) atoms. The zero-order valence-electron chi connectivity index (χ0n) is 16.7. The summed E-state index contributed by atoms with van der Waals surface area (Å²) in [6, 6.07) is 0. The minimum atomic E-state index is -2.01. The van der Waals surface area contributed by atoms with Gasteiger partial charge in [-0.1, -0.05) is 53.7 Å². The number of allylic oxidation sites excluding steroid dienone is 4. The van der Waals surface area contributed by atoms with Crippen molar-refractivity contribution in [2.75, 3.05) is 7.11 Å². The molecule has 0 heterocycles. The van der Waals surface area contributed by atoms with Gasteiger partial charge in [-0.3, -0.25) is 0 Å². The van der Waals surface area contributed by atoms with E-state index in [4.69, 9.17) is 9.16 Å². The molecule has 2 nitrogen and oxygen atoms in total. The Balaban J connectivity index is 3.39. The molecular weight excluding hydrogens is 312 g/mol. The van der Waals surface area contributed by atoms with Gasteiger partial charge in [0.2, 0.25) is 0 Å². The fourth-order valence-corrected chi connectivity index (χ4v) is 9.72. The molecule has 0 aromatic rings. The minimum absolute atomic E-state index is 0.203. The van der Waals surface area contributed by atoms with Crippen LogP contribution in [0.1, 0.15) is 54.4 Å². The van der Waals surface area contributed by atoms with Crippen molar-refractivity contribution in [3.8, 4) is 0 Å². The van der Waals surface area contributed by atoms with Crippen molar-refractivity contribution in [2.45, 2.75) is 71.0 Å². The van der Waals surface area contributed by atoms with Crippen LogP contribution in [-0.4, -0.2) is 15.4 Å². The zero-order valence-corrected chi connectivity index (χ0v) is 17.7. The van der Waals surface area contributed by atoms with Gasteiger partial charge >= 0.3 is 0 Å². The van der Waals surface area contributed by atoms with Gasteiger partial charge in [-0.25, -0.2) is 0 Å². The second-order valence-corrected chi connectivity index (χ2v) is 13.2. The zero-order chi connectivity index (χ0) is 18.5. The highest BCUT2D eigenvalue weighted by Crippen LogP contribution is 2.51. The summed E-state index contributed by atoms with van der Waals surface area (Å²) in [6.45, 7) is 21.8. The number of hydrogen-bond donors (Lipinski definition) is 0. The maximum absolute atomic E-state index is 7.01. The smallest absolute Gasteiger partial charge is 0.258 e. The van der Waals surface area contributed by atoms with Crippen molar-refractivity contribution in [2.24, 2.45) is 5.41 Å². The molecule has 0 atom stereocenters. The van der Waals surface area contributed by atoms with E-state index >= 15 is 0 Å². The van der Waals surface area contributed by atoms with Gasteiger partial charge in [0.1, 0.15) is 5.76 Å². The lowest BCUT2D eigenvalue weighted by molar-refractivity contribution is 0.266. The van der Waals surface area contributed by atoms with Crippen molar-refractivity contribution in [3.63, 3.8) is 0 Å². The van der Waals surface area contributed by atoms with Crippen LogP contribution in [0.3, 0.4) is 0 Å². The van der Waals surface area contributed by atoms with Crippen LogP contribution in [0.2, 0.25) is 16.6 Å². The molecule has 0 aromatic carbocycles. The van der Waals surface area contributed by atoms with Crippen LogP contribution in [0.4, 0.5) is 0 Å². The van der Waals surface area contributed by atoms with Crippen molar-refractivity contribution in [3.05, 3.63) is 49.0 Å². The highest BCUT2D eigenvalue weighted by atomic mass is 28.4. The quantitative estimate of drug-likeness (QED) is 0.321. The highest BCUT2D eigenvalue weighted by molar-refractivity contribution is 6.77. The van der Waals surface area contributed by atoms with Gasteiger partial charge in [-0.05, 0) is 35.5 Å². The SMILES string of the molecule is C=CCC1(CC=C)C=C(OC)C=C1O[Si](C(C)C)(C(C)C)C(C)C. The number of ether oxygens (including phenoxy) is 1. The van der Waals surface area contributed by atoms with Crippen LogP contribution in [0.15, 0.2) is 49.0 Å². The molecule has 0 spiro atoms. The Morgan fingerprint density at radius 1 is 1.00 bits per heavy atom. The van der Waals surface area contributed by atoms with Crippen LogP contribution >= 0.6 is 0 Å². The maximum Gasteiger partial charge on any atom is 0.258 e. The molecule has 1 aliphatic carbocycles. The van der Waals surface area contributed by atoms with E-state index in [0.717, 1.165) is 24.4 Å². The fraction of sp³-hybridized carbons (Fsp3) is 0.619. The van der Waals surface area contributed by atoms with Crippen molar-refractivity contribution in [1.82, 2.24) is 0 Å². The highest BCUT2D eigenvalue weighted by Gasteiger charge is 2.50. The molecule has 0 bridgehead atoms. The van der Waals surface area contributed by atoms with E-state index in [9.17, 15) is 0 Å². The van der Waals surface area contributed by atoms with E-state index in [1.807, 2.05) is 12.2 Å². The van der Waals surface area contributed by atoms with E-state index in [2.05, 4.69) is 66.9 Å². The molecule has 0 N–H and O–H groups in total. The maximum atomic E-state index is 7.01. The third kappa shape index (κ3) is 3.71. The summed E-state index contributed by atoms with van der Waals surface area (Å²) in [5, 5.41) is 0. The summed E-state index contributed by atoms with van der Waals surface area (Å²) in [5.41, 5.74) is 1.41. The van der Waals surface area contributed by atoms with E-state index < -0.39 is 8.32 Å². The standard InChI is InChI=1S/C21H36O2Si/c1-10-12-21(13-11-2)15-19(22-9)14-20(21)23-24(16(3)4,17(5)6)18(7)8/h10-11,14-18H,1-2,12-13H2,3-9H3. The lowest BCUT2D eigenvalue weighted by Crippen LogP contribution is -2.48. The van der Waals surface area contributed by atoms with Crippen molar-refractivity contribution >= 4 is 8.32 Å². The van der Waals surface area contributed by atoms with E-state index in [0.29, 0.717) is 16.6 Å². The summed E-state index contributed by atoms with van der Waals surface area (Å²) in [5.74, 6) is 1.93. The summed E-state index contributed by atoms with van der Waals surface area (Å²) < 4.78 is 12.5. The Kier molecular flexibility index (Phi) is 7.15. The van der Waals surface area contributed by atoms with Gasteiger partial charge in [0.15, 0.2) is 0 Å². The number of methoxy groups -OCH3 is 1. The van der Waals surface area contributed by atoms with Crippen molar-refractivity contribution < 1.29 is 9.16 Å². The molecule has 0 aromatic heterocycles. The molecule has 3 heteroatoms. The number of hydrogen-bond acceptors (Lipinski definition) is 2. The lowest BCUT2D eigenvalue weighted by atomic mass is 9.81. The Bertz CT molecular complexity index is 480. The first-order chi connectivity index (χ1) is 11.2. The molecule has 0 amide bonds. The predicted molar refractivity (Wildman–Crippen MR) is 107 cm³/mol. The Hall–Kier alpha value is -1.22. The predicted octanol–water partition coefficient (Wildman–Crippen LogP) is 6.74. The molecule has 0 radical (unpaired) electrons. The number of rotatable bonds is 10. The monoisotopic (exact) mass is 348 g/mol. The van der Waals surface area contributed by atoms with Gasteiger partial charge in [0.25, 0.3) is 8.32 Å². The van der Waals surface area contributed by atoms with Crippen LogP contribution in [0.5, 0.6) is 0 Å². The first-order valence-corrected chi connectivity index (χ1v) is 11.2. The summed E-state index contributed by atoms with van der Waals surface area (Å²) in [7, 11) is -0.289. The van der Waals surface area contributed by atoms with Crippen molar-refractivity contribution in [1.29, 1.82) is 0 Å². The Morgan fingerprint density at radius 3 is 1.79 bits per heavy atom. The Morgan fingerprint density at radius 2 is 1.46 bits per heavy atom. The second-order valence-electron chi connectivity index (χ2n) is 7.82. The summed E-state index contributed by atoms with van der Waals surface area (Å²) in [4.78, 5) is 0. The average molecular weight is 349 g/mol. The van der Waals surface area contributed by atoms with Gasteiger partial charge < -0.3 is 9.16 Å². The lowest BCUT2D eigenvalue weighted by Gasteiger charge is -2.45. The largest absolute Gasteiger partial charge is 0.545 e. The minimum Gasteiger partial charge on any atom is -0.545 e. The van der Waals surface area contributed by atoms with Gasteiger partial charge in [-0.2, -0.15) is 0 Å². The molecule has 0 saturated heterocycles. The second kappa shape index (κ2) is 8.24. The molecular formula is C21H36O2Si. The van der Waals surface area contributed by atoms with Crippen LogP contribution in [0, 0.1) is 5.41 Å². The first kappa shape index (κ1) is 20.8. The van der Waals surface area contributed by atoms with Crippen LogP contribution in [-0.2, 0) is 9.16 Å². The van der Waals surface area contributed by atoms with Crippen LogP contribution < -0.4 is 0 Å². The van der Waals surface area contributed by atoms with E-state index in [1.54, 1.807) is 7.11 Å². The summed E-state index contributed by atoms with van der Waals surface area (Å²) in [6.07, 6.45) is 9.87. The molecule has 0 aliphatic heterocycles. The molecule has 1 aliphatic rings. The third-order valence-electron chi connectivity index (χ3n) is 5.43. The molecule has 0 fully saturated rings. The van der Waals surface area contributed by atoms with Crippen LogP contribution in [0.25, 0.3) is 0 Å². The van der Waals surface area contributed by atoms with E-state index in [1.165, 1.54) is 0 Å². The molecule has 1 rings (SSSR count).